The zero-order chi connectivity index (χ0) is 15.4. The molecule has 0 radical (unpaired) electrons. The van der Waals surface area contributed by atoms with Gasteiger partial charge in [-0.1, -0.05) is 0 Å². The molecule has 1 aromatic heterocycles. The molecule has 2 aliphatic heterocycles. The molecule has 0 aromatic carbocycles. The molecule has 2 aliphatic rings. The summed E-state index contributed by atoms with van der Waals surface area (Å²) in [6.45, 7) is 4.25. The van der Waals surface area contributed by atoms with Gasteiger partial charge in [0.05, 0.1) is 17.1 Å². The molecular formula is C16H25N3OS2. The summed E-state index contributed by atoms with van der Waals surface area (Å²) in [7, 11) is 0. The third-order valence-electron chi connectivity index (χ3n) is 4.61. The number of carbonyl (C=O) groups is 1. The molecule has 3 rings (SSSR count). The minimum absolute atomic E-state index is 0.123. The average molecular weight is 340 g/mol. The summed E-state index contributed by atoms with van der Waals surface area (Å²) >= 11 is 3.69. The van der Waals surface area contributed by atoms with Gasteiger partial charge in [-0.05, 0) is 44.1 Å². The zero-order valence-electron chi connectivity index (χ0n) is 13.2. The van der Waals surface area contributed by atoms with E-state index in [1.165, 1.54) is 24.3 Å². The van der Waals surface area contributed by atoms with Gasteiger partial charge in [0, 0.05) is 30.6 Å². The van der Waals surface area contributed by atoms with Crippen molar-refractivity contribution in [3.63, 3.8) is 0 Å². The lowest BCUT2D eigenvalue weighted by atomic mass is 10.0. The van der Waals surface area contributed by atoms with Gasteiger partial charge in [0.2, 0.25) is 5.91 Å². The number of piperidine rings is 1. The van der Waals surface area contributed by atoms with Crippen molar-refractivity contribution >= 4 is 29.0 Å². The molecule has 1 aromatic rings. The van der Waals surface area contributed by atoms with E-state index in [1.807, 2.05) is 12.3 Å². The van der Waals surface area contributed by atoms with Gasteiger partial charge in [0.1, 0.15) is 0 Å². The van der Waals surface area contributed by atoms with Crippen LogP contribution in [0.25, 0.3) is 0 Å². The second-order valence-electron chi connectivity index (χ2n) is 6.26. The number of thioether (sulfide) groups is 1. The molecule has 2 fully saturated rings. The summed E-state index contributed by atoms with van der Waals surface area (Å²) in [6.07, 6.45) is 5.27. The first-order valence-electron chi connectivity index (χ1n) is 8.23. The molecule has 22 heavy (non-hydrogen) atoms. The number of nitrogens with one attached hydrogen (secondary N) is 1. The Morgan fingerprint density at radius 2 is 2.05 bits per heavy atom. The molecule has 3 heterocycles. The van der Waals surface area contributed by atoms with Crippen LogP contribution in [0.4, 0.5) is 0 Å². The first kappa shape index (κ1) is 16.3. The fourth-order valence-corrected chi connectivity index (χ4v) is 5.09. The van der Waals surface area contributed by atoms with Crippen LogP contribution in [0.5, 0.6) is 0 Å². The summed E-state index contributed by atoms with van der Waals surface area (Å²) < 4.78 is 0. The standard InChI is InChI=1S/C16H25N3OS2/c1-12-17-14(11-22-12)10-16(20)18-13-2-6-19(7-3-13)15-4-8-21-9-5-15/h11,13,15H,2-10H2,1H3,(H,18,20). The van der Waals surface area contributed by atoms with E-state index in [4.69, 9.17) is 0 Å². The Labute approximate surface area is 141 Å². The molecule has 0 spiro atoms. The molecule has 0 aliphatic carbocycles. The second-order valence-corrected chi connectivity index (χ2v) is 8.54. The monoisotopic (exact) mass is 339 g/mol. The molecule has 0 unspecified atom stereocenters. The number of aromatic nitrogens is 1. The molecular weight excluding hydrogens is 314 g/mol. The average Bonchev–Trinajstić information content (AvgIpc) is 2.94. The fourth-order valence-electron chi connectivity index (χ4n) is 3.39. The third-order valence-corrected chi connectivity index (χ3v) is 6.48. The third kappa shape index (κ3) is 4.46. The van der Waals surface area contributed by atoms with Gasteiger partial charge >= 0.3 is 0 Å². The Morgan fingerprint density at radius 1 is 1.32 bits per heavy atom. The van der Waals surface area contributed by atoms with Gasteiger partial charge in [0.25, 0.3) is 0 Å². The van der Waals surface area contributed by atoms with E-state index in [0.29, 0.717) is 12.5 Å². The second kappa shape index (κ2) is 7.79. The number of thiazole rings is 1. The van der Waals surface area contributed by atoms with Crippen LogP contribution >= 0.6 is 23.1 Å². The number of likely N-dealkylation sites (tertiary alicyclic amines) is 1. The lowest BCUT2D eigenvalue weighted by Crippen LogP contribution is -2.49. The van der Waals surface area contributed by atoms with Crippen LogP contribution in [-0.2, 0) is 11.2 Å². The maximum absolute atomic E-state index is 12.1. The van der Waals surface area contributed by atoms with Gasteiger partial charge < -0.3 is 10.2 Å². The Balaban J connectivity index is 1.40. The highest BCUT2D eigenvalue weighted by Gasteiger charge is 2.26. The summed E-state index contributed by atoms with van der Waals surface area (Å²) in [4.78, 5) is 19.1. The van der Waals surface area contributed by atoms with E-state index in [-0.39, 0.29) is 5.91 Å². The lowest BCUT2D eigenvalue weighted by molar-refractivity contribution is -0.121. The van der Waals surface area contributed by atoms with Crippen LogP contribution in [0.1, 0.15) is 36.4 Å². The van der Waals surface area contributed by atoms with Gasteiger partial charge in [-0.15, -0.1) is 11.3 Å². The van der Waals surface area contributed by atoms with Crippen LogP contribution in [0.2, 0.25) is 0 Å². The molecule has 122 valence electrons. The number of aryl methyl sites for hydroxylation is 1. The molecule has 0 saturated carbocycles. The predicted molar refractivity (Wildman–Crippen MR) is 93.6 cm³/mol. The van der Waals surface area contributed by atoms with Crippen LogP contribution in [0.3, 0.4) is 0 Å². The molecule has 2 saturated heterocycles. The van der Waals surface area contributed by atoms with E-state index >= 15 is 0 Å². The predicted octanol–water partition coefficient (Wildman–Crippen LogP) is 2.47. The normalized spacial score (nSPS) is 21.9. The van der Waals surface area contributed by atoms with Gasteiger partial charge in [-0.2, -0.15) is 11.8 Å². The van der Waals surface area contributed by atoms with Crippen molar-refractivity contribution in [1.29, 1.82) is 0 Å². The molecule has 0 atom stereocenters. The Bertz CT molecular complexity index is 491. The molecule has 4 nitrogen and oxygen atoms in total. The zero-order valence-corrected chi connectivity index (χ0v) is 14.8. The molecule has 1 N–H and O–H groups in total. The largest absolute Gasteiger partial charge is 0.353 e. The minimum atomic E-state index is 0.123. The van der Waals surface area contributed by atoms with E-state index in [9.17, 15) is 4.79 Å². The summed E-state index contributed by atoms with van der Waals surface area (Å²) in [5, 5.41) is 6.21. The SMILES string of the molecule is Cc1nc(CC(=O)NC2CCN(C3CCSCC3)CC2)cs1. The fraction of sp³-hybridized carbons (Fsp3) is 0.750. The minimum Gasteiger partial charge on any atom is -0.353 e. The molecule has 6 heteroatoms. The Hall–Kier alpha value is -0.590. The number of carbonyl (C=O) groups excluding carboxylic acids is 1. The van der Waals surface area contributed by atoms with Crippen LogP contribution in [0, 0.1) is 6.92 Å². The van der Waals surface area contributed by atoms with Gasteiger partial charge in [0.15, 0.2) is 0 Å². The lowest BCUT2D eigenvalue weighted by Gasteiger charge is -2.39. The van der Waals surface area contributed by atoms with E-state index in [0.717, 1.165) is 42.7 Å². The highest BCUT2D eigenvalue weighted by atomic mass is 32.2. The Morgan fingerprint density at radius 3 is 2.68 bits per heavy atom. The quantitative estimate of drug-likeness (QED) is 0.915. The van der Waals surface area contributed by atoms with Crippen molar-refractivity contribution < 1.29 is 4.79 Å². The first-order chi connectivity index (χ1) is 10.7. The van der Waals surface area contributed by atoms with Crippen molar-refractivity contribution in [3.05, 3.63) is 16.1 Å². The van der Waals surface area contributed by atoms with Crippen molar-refractivity contribution in [2.75, 3.05) is 24.6 Å². The first-order valence-corrected chi connectivity index (χ1v) is 10.3. The van der Waals surface area contributed by atoms with E-state index < -0.39 is 0 Å². The maximum Gasteiger partial charge on any atom is 0.226 e. The smallest absolute Gasteiger partial charge is 0.226 e. The van der Waals surface area contributed by atoms with Crippen molar-refractivity contribution in [2.24, 2.45) is 0 Å². The van der Waals surface area contributed by atoms with E-state index in [2.05, 4.69) is 27.0 Å². The van der Waals surface area contributed by atoms with Crippen molar-refractivity contribution in [3.8, 4) is 0 Å². The maximum atomic E-state index is 12.1. The summed E-state index contributed by atoms with van der Waals surface area (Å²) in [5.74, 6) is 2.75. The van der Waals surface area contributed by atoms with Crippen molar-refractivity contribution in [1.82, 2.24) is 15.2 Å². The van der Waals surface area contributed by atoms with Crippen molar-refractivity contribution in [2.45, 2.75) is 51.1 Å². The number of nitrogens with zero attached hydrogens (tertiary/aromatic N) is 2. The van der Waals surface area contributed by atoms with Gasteiger partial charge in [-0.25, -0.2) is 4.98 Å². The van der Waals surface area contributed by atoms with Crippen LogP contribution in [0.15, 0.2) is 5.38 Å². The molecule has 0 bridgehead atoms. The topological polar surface area (TPSA) is 45.2 Å². The number of rotatable bonds is 4. The Kier molecular flexibility index (Phi) is 5.77. The van der Waals surface area contributed by atoms with E-state index in [1.54, 1.807) is 11.3 Å². The van der Waals surface area contributed by atoms with Gasteiger partial charge in [-0.3, -0.25) is 4.79 Å². The highest BCUT2D eigenvalue weighted by Crippen LogP contribution is 2.24. The molecule has 1 amide bonds. The number of amides is 1. The summed E-state index contributed by atoms with van der Waals surface area (Å²) in [5.41, 5.74) is 0.900. The summed E-state index contributed by atoms with van der Waals surface area (Å²) in [6, 6.07) is 1.14. The number of hydrogen-bond acceptors (Lipinski definition) is 5. The van der Waals surface area contributed by atoms with Crippen LogP contribution < -0.4 is 5.32 Å². The number of hydrogen-bond donors (Lipinski definition) is 1. The highest BCUT2D eigenvalue weighted by molar-refractivity contribution is 7.99. The van der Waals surface area contributed by atoms with Crippen LogP contribution in [-0.4, -0.2) is 52.5 Å².